The Balaban J connectivity index is 1.41. The zero-order valence-electron chi connectivity index (χ0n) is 15.2. The lowest BCUT2D eigenvalue weighted by molar-refractivity contribution is -0.175. The lowest BCUT2D eigenvalue weighted by atomic mass is 9.43. The van der Waals surface area contributed by atoms with E-state index in [1.165, 1.54) is 24.8 Å². The Hall–Kier alpha value is -2.09. The third kappa shape index (κ3) is 2.58. The van der Waals surface area contributed by atoms with E-state index in [9.17, 15) is 4.79 Å². The molecule has 0 saturated heterocycles. The molecule has 0 spiro atoms. The predicted octanol–water partition coefficient (Wildman–Crippen LogP) is 5.27. The van der Waals surface area contributed by atoms with Gasteiger partial charge in [-0.15, -0.1) is 0 Å². The molecule has 4 fully saturated rings. The summed E-state index contributed by atoms with van der Waals surface area (Å²) in [6.07, 6.45) is 6.85. The van der Waals surface area contributed by atoms with Gasteiger partial charge in [-0.1, -0.05) is 60.7 Å². The number of hydrogen-bond acceptors (Lipinski definition) is 2. The van der Waals surface area contributed by atoms with Crippen molar-refractivity contribution in [2.75, 3.05) is 0 Å². The van der Waals surface area contributed by atoms with E-state index in [2.05, 4.69) is 30.3 Å². The molecule has 2 aromatic carbocycles. The normalized spacial score (nSPS) is 34.6. The molecule has 0 aromatic heterocycles. The first-order valence-corrected chi connectivity index (χ1v) is 9.94. The van der Waals surface area contributed by atoms with Gasteiger partial charge in [-0.25, -0.2) is 0 Å². The molecule has 0 amide bonds. The van der Waals surface area contributed by atoms with Crippen molar-refractivity contribution in [2.45, 2.75) is 50.5 Å². The average Bonchev–Trinajstić information content (AvgIpc) is 2.66. The minimum atomic E-state index is -0.255. The summed E-state index contributed by atoms with van der Waals surface area (Å²) in [5.74, 6) is 1.41. The average molecular weight is 346 g/mol. The Morgan fingerprint density at radius 2 is 1.50 bits per heavy atom. The van der Waals surface area contributed by atoms with E-state index >= 15 is 0 Å². The van der Waals surface area contributed by atoms with E-state index in [0.29, 0.717) is 18.4 Å². The van der Waals surface area contributed by atoms with Crippen molar-refractivity contribution >= 4 is 5.97 Å². The van der Waals surface area contributed by atoms with Crippen molar-refractivity contribution in [3.8, 4) is 0 Å². The van der Waals surface area contributed by atoms with Gasteiger partial charge in [0.05, 0.1) is 5.41 Å². The van der Waals surface area contributed by atoms with E-state index in [0.717, 1.165) is 24.8 Å². The second-order valence-corrected chi connectivity index (χ2v) is 8.95. The number of benzene rings is 2. The largest absolute Gasteiger partial charge is 0.460 e. The number of esters is 1. The third-order valence-corrected chi connectivity index (χ3v) is 7.09. The molecule has 26 heavy (non-hydrogen) atoms. The SMILES string of the molecule is O=C(OCc1ccccc1)C12CC3CC(C1)CC(c1ccccc1)(C3)C2. The fraction of sp³-hybridized carbons (Fsp3) is 0.458. The maximum Gasteiger partial charge on any atom is 0.312 e. The van der Waals surface area contributed by atoms with E-state index in [4.69, 9.17) is 4.74 Å². The summed E-state index contributed by atoms with van der Waals surface area (Å²) in [7, 11) is 0. The van der Waals surface area contributed by atoms with Gasteiger partial charge in [-0.05, 0) is 66.9 Å². The van der Waals surface area contributed by atoms with Crippen molar-refractivity contribution in [2.24, 2.45) is 17.3 Å². The van der Waals surface area contributed by atoms with Gasteiger partial charge in [0.1, 0.15) is 6.61 Å². The summed E-state index contributed by atoms with van der Waals surface area (Å²) >= 11 is 0. The van der Waals surface area contributed by atoms with Gasteiger partial charge in [0.15, 0.2) is 0 Å². The van der Waals surface area contributed by atoms with Crippen molar-refractivity contribution < 1.29 is 9.53 Å². The van der Waals surface area contributed by atoms with Gasteiger partial charge in [0.25, 0.3) is 0 Å². The summed E-state index contributed by atoms with van der Waals surface area (Å²) in [6.45, 7) is 0.398. The molecule has 6 rings (SSSR count). The summed E-state index contributed by atoms with van der Waals surface area (Å²) in [6, 6.07) is 21.0. The van der Waals surface area contributed by atoms with Gasteiger partial charge >= 0.3 is 5.97 Å². The summed E-state index contributed by atoms with van der Waals surface area (Å²) in [5, 5.41) is 0. The van der Waals surface area contributed by atoms with Crippen molar-refractivity contribution in [1.29, 1.82) is 0 Å². The molecule has 4 aliphatic carbocycles. The highest BCUT2D eigenvalue weighted by Crippen LogP contribution is 2.66. The van der Waals surface area contributed by atoms with Crippen molar-refractivity contribution in [3.05, 3.63) is 71.8 Å². The van der Waals surface area contributed by atoms with Crippen LogP contribution in [0.2, 0.25) is 0 Å². The first kappa shape index (κ1) is 16.1. The standard InChI is InChI=1S/C24H26O2/c25-22(26-16-18-7-3-1-4-8-18)24-14-19-11-20(15-24)13-23(12-19,17-24)21-9-5-2-6-10-21/h1-10,19-20H,11-17H2. The fourth-order valence-corrected chi connectivity index (χ4v) is 6.51. The smallest absolute Gasteiger partial charge is 0.312 e. The van der Waals surface area contributed by atoms with Crippen LogP contribution in [0.1, 0.15) is 49.7 Å². The van der Waals surface area contributed by atoms with Crippen LogP contribution < -0.4 is 0 Å². The highest BCUT2D eigenvalue weighted by molar-refractivity contribution is 5.78. The first-order valence-electron chi connectivity index (χ1n) is 9.94. The van der Waals surface area contributed by atoms with Crippen LogP contribution in [0.4, 0.5) is 0 Å². The second-order valence-electron chi connectivity index (χ2n) is 8.95. The monoisotopic (exact) mass is 346 g/mol. The van der Waals surface area contributed by atoms with Crippen LogP contribution in [0, 0.1) is 17.3 Å². The summed E-state index contributed by atoms with van der Waals surface area (Å²) < 4.78 is 5.85. The lowest BCUT2D eigenvalue weighted by Gasteiger charge is -2.61. The molecule has 0 radical (unpaired) electrons. The van der Waals surface area contributed by atoms with Crippen LogP contribution in [-0.2, 0) is 21.6 Å². The Morgan fingerprint density at radius 3 is 2.15 bits per heavy atom. The second kappa shape index (κ2) is 5.97. The molecule has 0 aliphatic heterocycles. The molecule has 2 heteroatoms. The number of ether oxygens (including phenoxy) is 1. The molecule has 4 aliphatic rings. The van der Waals surface area contributed by atoms with Gasteiger partial charge < -0.3 is 4.74 Å². The maximum atomic E-state index is 13.2. The zero-order chi connectivity index (χ0) is 17.6. The first-order chi connectivity index (χ1) is 12.7. The molecule has 0 heterocycles. The molecular formula is C24H26O2. The quantitative estimate of drug-likeness (QED) is 0.705. The highest BCUT2D eigenvalue weighted by Gasteiger charge is 2.61. The molecule has 4 bridgehead atoms. The number of carbonyl (C=O) groups excluding carboxylic acids is 1. The van der Waals surface area contributed by atoms with Crippen LogP contribution in [0.15, 0.2) is 60.7 Å². The highest BCUT2D eigenvalue weighted by atomic mass is 16.5. The van der Waals surface area contributed by atoms with Crippen molar-refractivity contribution in [3.63, 3.8) is 0 Å². The van der Waals surface area contributed by atoms with Crippen LogP contribution in [0.25, 0.3) is 0 Å². The van der Waals surface area contributed by atoms with Crippen LogP contribution >= 0.6 is 0 Å². The fourth-order valence-electron chi connectivity index (χ4n) is 6.51. The third-order valence-electron chi connectivity index (χ3n) is 7.09. The number of carbonyl (C=O) groups is 1. The molecule has 0 N–H and O–H groups in total. The number of hydrogen-bond donors (Lipinski definition) is 0. The van der Waals surface area contributed by atoms with Gasteiger partial charge in [-0.3, -0.25) is 4.79 Å². The predicted molar refractivity (Wildman–Crippen MR) is 101 cm³/mol. The maximum absolute atomic E-state index is 13.2. The Bertz CT molecular complexity index is 781. The number of rotatable bonds is 4. The Morgan fingerprint density at radius 1 is 0.885 bits per heavy atom. The van der Waals surface area contributed by atoms with E-state index in [-0.39, 0.29) is 16.8 Å². The topological polar surface area (TPSA) is 26.3 Å². The van der Waals surface area contributed by atoms with Crippen LogP contribution in [-0.4, -0.2) is 5.97 Å². The summed E-state index contributed by atoms with van der Waals surface area (Å²) in [5.41, 5.74) is 2.45. The van der Waals surface area contributed by atoms with E-state index in [1.807, 2.05) is 30.3 Å². The zero-order valence-corrected chi connectivity index (χ0v) is 15.2. The molecular weight excluding hydrogens is 320 g/mol. The molecule has 2 unspecified atom stereocenters. The van der Waals surface area contributed by atoms with E-state index in [1.54, 1.807) is 0 Å². The van der Waals surface area contributed by atoms with Crippen molar-refractivity contribution in [1.82, 2.24) is 0 Å². The molecule has 2 atom stereocenters. The van der Waals surface area contributed by atoms with Crippen LogP contribution in [0.5, 0.6) is 0 Å². The minimum absolute atomic E-state index is 0.0516. The van der Waals surface area contributed by atoms with Crippen LogP contribution in [0.3, 0.4) is 0 Å². The molecule has 2 aromatic rings. The summed E-state index contributed by atoms with van der Waals surface area (Å²) in [4.78, 5) is 13.2. The van der Waals surface area contributed by atoms with Gasteiger partial charge in [0.2, 0.25) is 0 Å². The van der Waals surface area contributed by atoms with Gasteiger partial charge in [0, 0.05) is 0 Å². The Kier molecular flexibility index (Phi) is 3.70. The van der Waals surface area contributed by atoms with Gasteiger partial charge in [-0.2, -0.15) is 0 Å². The van der Waals surface area contributed by atoms with E-state index < -0.39 is 0 Å². The molecule has 2 nitrogen and oxygen atoms in total. The Labute approximate surface area is 155 Å². The minimum Gasteiger partial charge on any atom is -0.460 e. The lowest BCUT2D eigenvalue weighted by Crippen LogP contribution is -2.57. The molecule has 4 saturated carbocycles. The molecule has 134 valence electrons.